The van der Waals surface area contributed by atoms with Crippen LogP contribution in [0.3, 0.4) is 0 Å². The Hall–Kier alpha value is -3.12. The van der Waals surface area contributed by atoms with Crippen molar-refractivity contribution in [2.75, 3.05) is 12.4 Å². The van der Waals surface area contributed by atoms with E-state index < -0.39 is 0 Å². The van der Waals surface area contributed by atoms with Gasteiger partial charge in [-0.15, -0.1) is 11.3 Å². The number of carbonyl (C=O) groups is 1. The number of amides is 1. The smallest absolute Gasteiger partial charge is 0.255 e. The van der Waals surface area contributed by atoms with Crippen LogP contribution < -0.4 is 10.1 Å². The summed E-state index contributed by atoms with van der Waals surface area (Å²) >= 11 is 1.63. The average Bonchev–Trinajstić information content (AvgIpc) is 3.30. The molecule has 0 radical (unpaired) electrons. The van der Waals surface area contributed by atoms with E-state index in [1.165, 1.54) is 0 Å². The molecule has 0 aliphatic heterocycles. The monoisotopic (exact) mass is 349 g/mol. The largest absolute Gasteiger partial charge is 0.497 e. The van der Waals surface area contributed by atoms with E-state index in [0.29, 0.717) is 11.3 Å². The Kier molecular flexibility index (Phi) is 3.95. The number of H-pyrrole nitrogens is 1. The number of aromatic amines is 1. The molecular weight excluding hydrogens is 334 g/mol. The van der Waals surface area contributed by atoms with Crippen molar-refractivity contribution in [2.45, 2.75) is 0 Å². The van der Waals surface area contributed by atoms with Crippen LogP contribution in [0, 0.1) is 0 Å². The molecule has 0 saturated heterocycles. The number of fused-ring (bicyclic) bond motifs is 1. The quantitative estimate of drug-likeness (QED) is 0.568. The van der Waals surface area contributed by atoms with Gasteiger partial charge in [0.25, 0.3) is 5.91 Å². The number of thiophene rings is 1. The molecule has 0 aliphatic carbocycles. The number of nitrogens with one attached hydrogen (secondary N) is 2. The third kappa shape index (κ3) is 3.12. The van der Waals surface area contributed by atoms with E-state index in [-0.39, 0.29) is 5.91 Å². The van der Waals surface area contributed by atoms with Crippen LogP contribution in [-0.2, 0) is 0 Å². The lowest BCUT2D eigenvalue weighted by Crippen LogP contribution is -2.11. The molecule has 4 rings (SSSR count). The zero-order valence-electron chi connectivity index (χ0n) is 13.4. The molecule has 0 saturated carbocycles. The van der Waals surface area contributed by atoms with Crippen molar-refractivity contribution in [1.82, 2.24) is 9.97 Å². The van der Waals surface area contributed by atoms with Crippen molar-refractivity contribution in [3.63, 3.8) is 0 Å². The highest BCUT2D eigenvalue weighted by Gasteiger charge is 2.09. The first-order valence-corrected chi connectivity index (χ1v) is 8.60. The number of methoxy groups -OCH3 is 1. The van der Waals surface area contributed by atoms with Crippen molar-refractivity contribution in [3.8, 4) is 16.5 Å². The number of aromatic nitrogens is 2. The van der Waals surface area contributed by atoms with Gasteiger partial charge in [0.05, 0.1) is 23.0 Å². The first kappa shape index (κ1) is 15.4. The van der Waals surface area contributed by atoms with E-state index in [2.05, 4.69) is 15.3 Å². The third-order valence-electron chi connectivity index (χ3n) is 3.85. The topological polar surface area (TPSA) is 67.0 Å². The summed E-state index contributed by atoms with van der Waals surface area (Å²) in [4.78, 5) is 21.3. The third-order valence-corrected chi connectivity index (χ3v) is 4.72. The molecule has 25 heavy (non-hydrogen) atoms. The van der Waals surface area contributed by atoms with E-state index >= 15 is 0 Å². The van der Waals surface area contributed by atoms with E-state index in [4.69, 9.17) is 4.74 Å². The van der Waals surface area contributed by atoms with Gasteiger partial charge >= 0.3 is 0 Å². The molecule has 2 heterocycles. The SMILES string of the molecule is COc1ccc(C(=O)Nc2ccc3[nH]c(-c4cccs4)nc3c2)cc1. The summed E-state index contributed by atoms with van der Waals surface area (Å²) in [5, 5.41) is 4.92. The summed E-state index contributed by atoms with van der Waals surface area (Å²) in [7, 11) is 1.60. The minimum Gasteiger partial charge on any atom is -0.497 e. The Morgan fingerprint density at radius 1 is 1.16 bits per heavy atom. The van der Waals surface area contributed by atoms with E-state index in [1.807, 2.05) is 35.7 Å². The number of ether oxygens (including phenoxy) is 1. The zero-order valence-corrected chi connectivity index (χ0v) is 14.3. The van der Waals surface area contributed by atoms with Gasteiger partial charge in [-0.3, -0.25) is 4.79 Å². The van der Waals surface area contributed by atoms with Crippen molar-refractivity contribution in [3.05, 3.63) is 65.5 Å². The fourth-order valence-corrected chi connectivity index (χ4v) is 3.23. The zero-order chi connectivity index (χ0) is 17.2. The lowest BCUT2D eigenvalue weighted by atomic mass is 10.2. The van der Waals surface area contributed by atoms with Crippen molar-refractivity contribution in [1.29, 1.82) is 0 Å². The van der Waals surface area contributed by atoms with Gasteiger partial charge in [0.1, 0.15) is 11.6 Å². The molecule has 0 bridgehead atoms. The molecule has 0 unspecified atom stereocenters. The minimum absolute atomic E-state index is 0.170. The van der Waals surface area contributed by atoms with Crippen LogP contribution in [0.2, 0.25) is 0 Å². The highest BCUT2D eigenvalue weighted by atomic mass is 32.1. The number of hydrogen-bond acceptors (Lipinski definition) is 4. The molecule has 5 nitrogen and oxygen atoms in total. The highest BCUT2D eigenvalue weighted by molar-refractivity contribution is 7.13. The fourth-order valence-electron chi connectivity index (χ4n) is 2.56. The molecule has 2 N–H and O–H groups in total. The van der Waals surface area contributed by atoms with Gasteiger partial charge in [0.2, 0.25) is 0 Å². The standard InChI is InChI=1S/C19H15N3O2S/c1-24-14-7-4-12(5-8-14)19(23)20-13-6-9-15-16(11-13)22-18(21-15)17-3-2-10-25-17/h2-11H,1H3,(H,20,23)(H,21,22). The Morgan fingerprint density at radius 2 is 2.00 bits per heavy atom. The second-order valence-electron chi connectivity index (χ2n) is 5.48. The van der Waals surface area contributed by atoms with Crippen LogP contribution in [0.5, 0.6) is 5.75 Å². The molecule has 2 aromatic heterocycles. The molecule has 6 heteroatoms. The van der Waals surface area contributed by atoms with Gasteiger partial charge in [-0.2, -0.15) is 0 Å². The number of hydrogen-bond donors (Lipinski definition) is 2. The number of carbonyl (C=O) groups excluding carboxylic acids is 1. The van der Waals surface area contributed by atoms with Crippen LogP contribution in [-0.4, -0.2) is 23.0 Å². The Labute approximate surface area is 148 Å². The molecule has 0 atom stereocenters. The van der Waals surface area contributed by atoms with Crippen molar-refractivity contribution in [2.24, 2.45) is 0 Å². The minimum atomic E-state index is -0.170. The van der Waals surface area contributed by atoms with E-state index in [9.17, 15) is 4.79 Å². The molecule has 2 aromatic carbocycles. The van der Waals surface area contributed by atoms with Crippen LogP contribution in [0.25, 0.3) is 21.7 Å². The van der Waals surface area contributed by atoms with Gasteiger partial charge in [0, 0.05) is 11.3 Å². The second kappa shape index (κ2) is 6.41. The van der Waals surface area contributed by atoms with Gasteiger partial charge < -0.3 is 15.0 Å². The Bertz CT molecular complexity index is 1020. The summed E-state index contributed by atoms with van der Waals surface area (Å²) in [6.45, 7) is 0. The molecule has 1 amide bonds. The summed E-state index contributed by atoms with van der Waals surface area (Å²) in [5.41, 5.74) is 3.03. The fraction of sp³-hybridized carbons (Fsp3) is 0.0526. The molecule has 0 fully saturated rings. The summed E-state index contributed by atoms with van der Waals surface area (Å²) in [6.07, 6.45) is 0. The molecular formula is C19H15N3O2S. The first-order chi connectivity index (χ1) is 12.2. The number of imidazole rings is 1. The summed E-state index contributed by atoms with van der Waals surface area (Å²) in [5.74, 6) is 1.38. The predicted molar refractivity (Wildman–Crippen MR) is 100 cm³/mol. The maximum atomic E-state index is 12.4. The normalized spacial score (nSPS) is 10.8. The van der Waals surface area contributed by atoms with Crippen LogP contribution in [0.4, 0.5) is 5.69 Å². The van der Waals surface area contributed by atoms with E-state index in [0.717, 1.165) is 27.5 Å². The predicted octanol–water partition coefficient (Wildman–Crippen LogP) is 4.55. The summed E-state index contributed by atoms with van der Waals surface area (Å²) in [6, 6.07) is 16.7. The Balaban J connectivity index is 1.57. The van der Waals surface area contributed by atoms with Gasteiger partial charge in [0.15, 0.2) is 0 Å². The first-order valence-electron chi connectivity index (χ1n) is 7.72. The van der Waals surface area contributed by atoms with Crippen LogP contribution >= 0.6 is 11.3 Å². The maximum absolute atomic E-state index is 12.4. The average molecular weight is 349 g/mol. The van der Waals surface area contributed by atoms with Gasteiger partial charge in [-0.05, 0) is 53.9 Å². The molecule has 0 aliphatic rings. The number of benzene rings is 2. The number of rotatable bonds is 4. The Morgan fingerprint density at radius 3 is 2.72 bits per heavy atom. The van der Waals surface area contributed by atoms with Gasteiger partial charge in [-0.1, -0.05) is 6.07 Å². The lowest BCUT2D eigenvalue weighted by Gasteiger charge is -2.06. The van der Waals surface area contributed by atoms with Crippen molar-refractivity contribution < 1.29 is 9.53 Å². The highest BCUT2D eigenvalue weighted by Crippen LogP contribution is 2.26. The van der Waals surface area contributed by atoms with Crippen molar-refractivity contribution >= 4 is 34.0 Å². The maximum Gasteiger partial charge on any atom is 0.255 e. The molecule has 4 aromatic rings. The number of nitrogens with zero attached hydrogens (tertiary/aromatic N) is 1. The second-order valence-corrected chi connectivity index (χ2v) is 6.42. The van der Waals surface area contributed by atoms with E-state index in [1.54, 1.807) is 42.7 Å². The van der Waals surface area contributed by atoms with Gasteiger partial charge in [-0.25, -0.2) is 4.98 Å². The van der Waals surface area contributed by atoms with Crippen LogP contribution in [0.1, 0.15) is 10.4 Å². The lowest BCUT2D eigenvalue weighted by molar-refractivity contribution is 0.102. The number of anilines is 1. The molecule has 0 spiro atoms. The summed E-state index contributed by atoms with van der Waals surface area (Å²) < 4.78 is 5.11. The molecule has 124 valence electrons. The van der Waals surface area contributed by atoms with Crippen LogP contribution in [0.15, 0.2) is 60.0 Å².